The fourth-order valence-corrected chi connectivity index (χ4v) is 1.44. The first-order valence-corrected chi connectivity index (χ1v) is 4.86. The van der Waals surface area contributed by atoms with E-state index >= 15 is 0 Å². The Labute approximate surface area is 92.8 Å². The van der Waals surface area contributed by atoms with Crippen molar-refractivity contribution in [1.82, 2.24) is 5.16 Å². The van der Waals surface area contributed by atoms with E-state index < -0.39 is 0 Å². The molecule has 0 aliphatic heterocycles. The highest BCUT2D eigenvalue weighted by molar-refractivity contribution is 5.76. The molecule has 1 heterocycles. The van der Waals surface area contributed by atoms with Crippen LogP contribution in [-0.4, -0.2) is 18.2 Å². The SMILES string of the molecule is COC(=O)Cc1conc1-c1ccccc1. The van der Waals surface area contributed by atoms with Gasteiger partial charge in [0.2, 0.25) is 0 Å². The Morgan fingerprint density at radius 2 is 2.12 bits per heavy atom. The van der Waals surface area contributed by atoms with Crippen molar-refractivity contribution in [2.75, 3.05) is 7.11 Å². The van der Waals surface area contributed by atoms with E-state index in [1.54, 1.807) is 0 Å². The summed E-state index contributed by atoms with van der Waals surface area (Å²) in [5.41, 5.74) is 2.35. The Bertz CT molecular complexity index is 476. The molecule has 16 heavy (non-hydrogen) atoms. The molecule has 0 bridgehead atoms. The first-order chi connectivity index (χ1) is 7.81. The van der Waals surface area contributed by atoms with Crippen molar-refractivity contribution in [3.63, 3.8) is 0 Å². The number of rotatable bonds is 3. The van der Waals surface area contributed by atoms with Crippen LogP contribution in [0.4, 0.5) is 0 Å². The second-order valence-electron chi connectivity index (χ2n) is 3.31. The van der Waals surface area contributed by atoms with Crippen LogP contribution in [0.2, 0.25) is 0 Å². The quantitative estimate of drug-likeness (QED) is 0.738. The average molecular weight is 217 g/mol. The Kier molecular flexibility index (Phi) is 3.00. The van der Waals surface area contributed by atoms with E-state index in [-0.39, 0.29) is 12.4 Å². The fraction of sp³-hybridized carbons (Fsp3) is 0.167. The second kappa shape index (κ2) is 4.61. The van der Waals surface area contributed by atoms with Gasteiger partial charge in [0.1, 0.15) is 12.0 Å². The number of aromatic nitrogens is 1. The van der Waals surface area contributed by atoms with Crippen molar-refractivity contribution in [3.8, 4) is 11.3 Å². The molecule has 0 N–H and O–H groups in total. The van der Waals surface area contributed by atoms with Crippen LogP contribution < -0.4 is 0 Å². The molecule has 0 spiro atoms. The number of carbonyl (C=O) groups is 1. The molecule has 0 unspecified atom stereocenters. The topological polar surface area (TPSA) is 52.3 Å². The van der Waals surface area contributed by atoms with Gasteiger partial charge < -0.3 is 9.26 Å². The number of nitrogens with zero attached hydrogens (tertiary/aromatic N) is 1. The van der Waals surface area contributed by atoms with Crippen LogP contribution in [0.5, 0.6) is 0 Å². The van der Waals surface area contributed by atoms with Crippen molar-refractivity contribution < 1.29 is 14.1 Å². The summed E-state index contributed by atoms with van der Waals surface area (Å²) in [7, 11) is 1.36. The Balaban J connectivity index is 2.29. The van der Waals surface area contributed by atoms with Gasteiger partial charge in [0.05, 0.1) is 13.5 Å². The van der Waals surface area contributed by atoms with Gasteiger partial charge in [-0.05, 0) is 0 Å². The van der Waals surface area contributed by atoms with Crippen molar-refractivity contribution in [1.29, 1.82) is 0 Å². The lowest BCUT2D eigenvalue weighted by atomic mass is 10.1. The molecule has 0 aliphatic carbocycles. The predicted molar refractivity (Wildman–Crippen MR) is 57.7 cm³/mol. The number of benzene rings is 1. The van der Waals surface area contributed by atoms with Crippen LogP contribution in [-0.2, 0) is 16.0 Å². The van der Waals surface area contributed by atoms with E-state index in [1.807, 2.05) is 30.3 Å². The van der Waals surface area contributed by atoms with Gasteiger partial charge in [-0.3, -0.25) is 4.79 Å². The zero-order chi connectivity index (χ0) is 11.4. The first-order valence-electron chi connectivity index (χ1n) is 4.86. The number of hydrogen-bond acceptors (Lipinski definition) is 4. The van der Waals surface area contributed by atoms with Crippen molar-refractivity contribution in [2.45, 2.75) is 6.42 Å². The van der Waals surface area contributed by atoms with Gasteiger partial charge in [-0.15, -0.1) is 0 Å². The van der Waals surface area contributed by atoms with Crippen LogP contribution in [0.15, 0.2) is 41.1 Å². The molecule has 1 aromatic carbocycles. The number of esters is 1. The van der Waals surface area contributed by atoms with E-state index in [2.05, 4.69) is 9.89 Å². The molecule has 0 saturated carbocycles. The van der Waals surface area contributed by atoms with Gasteiger partial charge in [-0.25, -0.2) is 0 Å². The molecule has 82 valence electrons. The third-order valence-corrected chi connectivity index (χ3v) is 2.25. The van der Waals surface area contributed by atoms with E-state index in [1.165, 1.54) is 13.4 Å². The lowest BCUT2D eigenvalue weighted by molar-refractivity contribution is -0.139. The highest BCUT2D eigenvalue weighted by Crippen LogP contribution is 2.22. The minimum atomic E-state index is -0.305. The van der Waals surface area contributed by atoms with E-state index in [0.29, 0.717) is 5.69 Å². The van der Waals surface area contributed by atoms with Crippen LogP contribution >= 0.6 is 0 Å². The van der Waals surface area contributed by atoms with Gasteiger partial charge in [-0.1, -0.05) is 35.5 Å². The standard InChI is InChI=1S/C12H11NO3/c1-15-11(14)7-10-8-16-13-12(10)9-5-3-2-4-6-9/h2-6,8H,7H2,1H3. The molecular formula is C12H11NO3. The van der Waals surface area contributed by atoms with Gasteiger partial charge >= 0.3 is 5.97 Å². The number of ether oxygens (including phenoxy) is 1. The summed E-state index contributed by atoms with van der Waals surface area (Å²) in [6.07, 6.45) is 1.64. The van der Waals surface area contributed by atoms with E-state index in [9.17, 15) is 4.79 Å². The van der Waals surface area contributed by atoms with Gasteiger partial charge in [0, 0.05) is 11.1 Å². The smallest absolute Gasteiger partial charge is 0.310 e. The molecule has 0 radical (unpaired) electrons. The molecule has 4 heteroatoms. The molecule has 0 saturated heterocycles. The summed E-state index contributed by atoms with van der Waals surface area (Å²) >= 11 is 0. The minimum absolute atomic E-state index is 0.171. The second-order valence-corrected chi connectivity index (χ2v) is 3.31. The Morgan fingerprint density at radius 3 is 2.81 bits per heavy atom. The maximum absolute atomic E-state index is 11.2. The first kappa shape index (κ1) is 10.4. The minimum Gasteiger partial charge on any atom is -0.469 e. The van der Waals surface area contributed by atoms with Gasteiger partial charge in [0.25, 0.3) is 0 Å². The van der Waals surface area contributed by atoms with Crippen molar-refractivity contribution in [3.05, 3.63) is 42.2 Å². The Hall–Kier alpha value is -2.10. The molecule has 0 aliphatic rings. The molecule has 1 aromatic heterocycles. The highest BCUT2D eigenvalue weighted by atomic mass is 16.5. The maximum Gasteiger partial charge on any atom is 0.310 e. The maximum atomic E-state index is 11.2. The normalized spacial score (nSPS) is 10.1. The number of carbonyl (C=O) groups excluding carboxylic acids is 1. The molecule has 0 amide bonds. The summed E-state index contributed by atoms with van der Waals surface area (Å²) < 4.78 is 9.49. The van der Waals surface area contributed by atoms with Crippen molar-refractivity contribution >= 4 is 5.97 Å². The largest absolute Gasteiger partial charge is 0.469 e. The third-order valence-electron chi connectivity index (χ3n) is 2.25. The molecule has 0 fully saturated rings. The molecule has 0 atom stereocenters. The lowest BCUT2D eigenvalue weighted by Crippen LogP contribution is -2.04. The summed E-state index contributed by atoms with van der Waals surface area (Å²) in [4.78, 5) is 11.2. The van der Waals surface area contributed by atoms with Crippen LogP contribution in [0.1, 0.15) is 5.56 Å². The lowest BCUT2D eigenvalue weighted by Gasteiger charge is -1.99. The third kappa shape index (κ3) is 2.11. The molecular weight excluding hydrogens is 206 g/mol. The highest BCUT2D eigenvalue weighted by Gasteiger charge is 2.13. The monoisotopic (exact) mass is 217 g/mol. The molecule has 2 aromatic rings. The van der Waals surface area contributed by atoms with Crippen LogP contribution in [0, 0.1) is 0 Å². The van der Waals surface area contributed by atoms with E-state index in [4.69, 9.17) is 4.52 Å². The summed E-state index contributed by atoms with van der Waals surface area (Å²) in [6, 6.07) is 9.57. The van der Waals surface area contributed by atoms with E-state index in [0.717, 1.165) is 11.1 Å². The fourth-order valence-electron chi connectivity index (χ4n) is 1.44. The summed E-state index contributed by atoms with van der Waals surface area (Å²) in [6.45, 7) is 0. The summed E-state index contributed by atoms with van der Waals surface area (Å²) in [5.74, 6) is -0.305. The Morgan fingerprint density at radius 1 is 1.38 bits per heavy atom. The number of hydrogen-bond donors (Lipinski definition) is 0. The summed E-state index contributed by atoms with van der Waals surface area (Å²) in [5, 5.41) is 3.89. The average Bonchev–Trinajstić information content (AvgIpc) is 2.78. The predicted octanol–water partition coefficient (Wildman–Crippen LogP) is 2.06. The van der Waals surface area contributed by atoms with Crippen LogP contribution in [0.25, 0.3) is 11.3 Å². The molecule has 2 rings (SSSR count). The van der Waals surface area contributed by atoms with Gasteiger partial charge in [-0.2, -0.15) is 0 Å². The zero-order valence-corrected chi connectivity index (χ0v) is 8.84. The van der Waals surface area contributed by atoms with Gasteiger partial charge in [0.15, 0.2) is 0 Å². The number of methoxy groups -OCH3 is 1. The van der Waals surface area contributed by atoms with Crippen molar-refractivity contribution in [2.24, 2.45) is 0 Å². The zero-order valence-electron chi connectivity index (χ0n) is 8.84. The molecule has 4 nitrogen and oxygen atoms in total. The van der Waals surface area contributed by atoms with Crippen LogP contribution in [0.3, 0.4) is 0 Å².